The maximum atomic E-state index is 12.1. The largest absolute Gasteiger partial charge is 0.508 e. The van der Waals surface area contributed by atoms with Crippen LogP contribution in [0.15, 0.2) is 24.3 Å². The van der Waals surface area contributed by atoms with E-state index in [4.69, 9.17) is 9.47 Å². The highest BCUT2D eigenvalue weighted by Crippen LogP contribution is 2.19. The molecule has 7 nitrogen and oxygen atoms in total. The smallest absolute Gasteiger partial charge is 0.338 e. The number of hydrogen-bond donors (Lipinski definition) is 1. The van der Waals surface area contributed by atoms with E-state index in [9.17, 15) is 19.5 Å². The molecule has 0 aliphatic carbocycles. The van der Waals surface area contributed by atoms with Crippen LogP contribution < -0.4 is 0 Å². The number of piperidine rings is 1. The number of hydrogen-bond acceptors (Lipinski definition) is 6. The molecular weight excluding hydrogens is 314 g/mol. The predicted molar refractivity (Wildman–Crippen MR) is 84.3 cm³/mol. The number of carbonyl (C=O) groups excluding carboxylic acids is 3. The van der Waals surface area contributed by atoms with Crippen molar-refractivity contribution >= 4 is 17.8 Å². The molecular formula is C17H21NO6. The van der Waals surface area contributed by atoms with E-state index in [0.29, 0.717) is 32.5 Å². The van der Waals surface area contributed by atoms with Crippen LogP contribution in [0.3, 0.4) is 0 Å². The summed E-state index contributed by atoms with van der Waals surface area (Å²) in [7, 11) is 0. The number of rotatable bonds is 5. The number of ether oxygens (including phenoxy) is 2. The molecule has 7 heteroatoms. The molecule has 0 spiro atoms. The van der Waals surface area contributed by atoms with Crippen molar-refractivity contribution in [3.05, 3.63) is 29.8 Å². The van der Waals surface area contributed by atoms with Crippen molar-refractivity contribution in [2.24, 2.45) is 5.92 Å². The highest BCUT2D eigenvalue weighted by atomic mass is 16.5. The first-order valence-corrected chi connectivity index (χ1v) is 7.91. The standard InChI is InChI=1S/C17H21NO6/c1-2-23-16(21)13-7-9-18(10-8-13)15(20)11-24-17(22)12-3-5-14(19)6-4-12/h3-6,13,19H,2,7-11H2,1H3. The number of amides is 1. The molecule has 1 aromatic carbocycles. The monoisotopic (exact) mass is 335 g/mol. The third-order valence-corrected chi connectivity index (χ3v) is 3.90. The van der Waals surface area contributed by atoms with E-state index < -0.39 is 5.97 Å². The van der Waals surface area contributed by atoms with E-state index in [0.717, 1.165) is 0 Å². The Bertz CT molecular complexity index is 590. The number of nitrogens with zero attached hydrogens (tertiary/aromatic N) is 1. The van der Waals surface area contributed by atoms with Gasteiger partial charge in [-0.15, -0.1) is 0 Å². The van der Waals surface area contributed by atoms with Gasteiger partial charge in [-0.25, -0.2) is 4.79 Å². The van der Waals surface area contributed by atoms with Crippen molar-refractivity contribution in [2.75, 3.05) is 26.3 Å². The van der Waals surface area contributed by atoms with Gasteiger partial charge in [-0.05, 0) is 44.0 Å². The van der Waals surface area contributed by atoms with E-state index in [1.807, 2.05) is 0 Å². The Kier molecular flexibility index (Phi) is 6.17. The quantitative estimate of drug-likeness (QED) is 0.817. The van der Waals surface area contributed by atoms with Crippen molar-refractivity contribution in [3.63, 3.8) is 0 Å². The third-order valence-electron chi connectivity index (χ3n) is 3.90. The average molecular weight is 335 g/mol. The Hall–Kier alpha value is -2.57. The van der Waals surface area contributed by atoms with Crippen LogP contribution in [0.25, 0.3) is 0 Å². The summed E-state index contributed by atoms with van der Waals surface area (Å²) in [6, 6.07) is 5.59. The van der Waals surface area contributed by atoms with Gasteiger partial charge in [0.1, 0.15) is 5.75 Å². The molecule has 0 aromatic heterocycles. The van der Waals surface area contributed by atoms with Gasteiger partial charge in [-0.1, -0.05) is 0 Å². The van der Waals surface area contributed by atoms with Gasteiger partial charge in [-0.2, -0.15) is 0 Å². The van der Waals surface area contributed by atoms with Crippen LogP contribution >= 0.6 is 0 Å². The molecule has 0 saturated carbocycles. The zero-order valence-corrected chi connectivity index (χ0v) is 13.6. The maximum absolute atomic E-state index is 12.1. The van der Waals surface area contributed by atoms with Crippen molar-refractivity contribution in [3.8, 4) is 5.75 Å². The van der Waals surface area contributed by atoms with Gasteiger partial charge < -0.3 is 19.5 Å². The first-order valence-electron chi connectivity index (χ1n) is 7.91. The summed E-state index contributed by atoms with van der Waals surface area (Å²) in [6.07, 6.45) is 1.10. The molecule has 0 radical (unpaired) electrons. The number of phenolic OH excluding ortho intramolecular Hbond substituents is 1. The molecule has 130 valence electrons. The molecule has 2 rings (SSSR count). The fourth-order valence-electron chi connectivity index (χ4n) is 2.52. The van der Waals surface area contributed by atoms with Crippen molar-refractivity contribution in [2.45, 2.75) is 19.8 Å². The Morgan fingerprint density at radius 1 is 1.12 bits per heavy atom. The van der Waals surface area contributed by atoms with Gasteiger partial charge in [0.25, 0.3) is 5.91 Å². The first-order chi connectivity index (χ1) is 11.5. The van der Waals surface area contributed by atoms with Crippen molar-refractivity contribution < 1.29 is 29.0 Å². The molecule has 1 N–H and O–H groups in total. The Morgan fingerprint density at radius 2 is 1.75 bits per heavy atom. The maximum Gasteiger partial charge on any atom is 0.338 e. The third kappa shape index (κ3) is 4.71. The van der Waals surface area contributed by atoms with Crippen LogP contribution in [0, 0.1) is 5.92 Å². The van der Waals surface area contributed by atoms with E-state index in [-0.39, 0.29) is 35.7 Å². The highest BCUT2D eigenvalue weighted by Gasteiger charge is 2.28. The second-order valence-corrected chi connectivity index (χ2v) is 5.53. The van der Waals surface area contributed by atoms with Gasteiger partial charge in [0.05, 0.1) is 18.1 Å². The molecule has 1 saturated heterocycles. The second kappa shape index (κ2) is 8.33. The van der Waals surface area contributed by atoms with Crippen LogP contribution in [0.2, 0.25) is 0 Å². The van der Waals surface area contributed by atoms with E-state index in [1.54, 1.807) is 11.8 Å². The molecule has 1 aliphatic heterocycles. The first kappa shape index (κ1) is 17.8. The zero-order valence-electron chi connectivity index (χ0n) is 13.6. The summed E-state index contributed by atoms with van der Waals surface area (Å²) in [5, 5.41) is 9.18. The molecule has 1 fully saturated rings. The van der Waals surface area contributed by atoms with E-state index >= 15 is 0 Å². The van der Waals surface area contributed by atoms with E-state index in [2.05, 4.69) is 0 Å². The van der Waals surface area contributed by atoms with Crippen LogP contribution in [0.4, 0.5) is 0 Å². The molecule has 0 atom stereocenters. The average Bonchev–Trinajstić information content (AvgIpc) is 2.60. The Balaban J connectivity index is 1.76. The summed E-state index contributed by atoms with van der Waals surface area (Å²) in [5.41, 5.74) is 0.265. The zero-order chi connectivity index (χ0) is 17.5. The number of esters is 2. The molecule has 24 heavy (non-hydrogen) atoms. The number of carbonyl (C=O) groups is 3. The lowest BCUT2D eigenvalue weighted by Gasteiger charge is -2.30. The molecule has 0 unspecified atom stereocenters. The SMILES string of the molecule is CCOC(=O)C1CCN(C(=O)COC(=O)c2ccc(O)cc2)CC1. The fraction of sp³-hybridized carbons (Fsp3) is 0.471. The Labute approximate surface area is 140 Å². The summed E-state index contributed by atoms with van der Waals surface area (Å²) >= 11 is 0. The summed E-state index contributed by atoms with van der Waals surface area (Å²) in [5.74, 6) is -1.25. The van der Waals surface area contributed by atoms with E-state index in [1.165, 1.54) is 24.3 Å². The minimum absolute atomic E-state index is 0.0482. The van der Waals surface area contributed by atoms with Gasteiger partial charge in [0.15, 0.2) is 6.61 Å². The van der Waals surface area contributed by atoms with Crippen LogP contribution in [-0.2, 0) is 19.1 Å². The number of phenols is 1. The lowest BCUT2D eigenvalue weighted by atomic mass is 9.97. The van der Waals surface area contributed by atoms with Crippen molar-refractivity contribution in [1.29, 1.82) is 0 Å². The predicted octanol–water partition coefficient (Wildman–Crippen LogP) is 1.35. The molecule has 1 amide bonds. The molecule has 0 bridgehead atoms. The van der Waals surface area contributed by atoms with Crippen molar-refractivity contribution in [1.82, 2.24) is 4.90 Å². The van der Waals surface area contributed by atoms with Gasteiger partial charge in [0, 0.05) is 13.1 Å². The minimum Gasteiger partial charge on any atom is -0.508 e. The second-order valence-electron chi connectivity index (χ2n) is 5.53. The minimum atomic E-state index is -0.621. The number of benzene rings is 1. The molecule has 1 aromatic rings. The summed E-state index contributed by atoms with van der Waals surface area (Å²) < 4.78 is 9.98. The lowest BCUT2D eigenvalue weighted by molar-refractivity contribution is -0.151. The van der Waals surface area contributed by atoms with Crippen LogP contribution in [-0.4, -0.2) is 54.2 Å². The highest BCUT2D eigenvalue weighted by molar-refractivity contribution is 5.91. The van der Waals surface area contributed by atoms with Crippen LogP contribution in [0.5, 0.6) is 5.75 Å². The van der Waals surface area contributed by atoms with Crippen LogP contribution in [0.1, 0.15) is 30.1 Å². The lowest BCUT2D eigenvalue weighted by Crippen LogP contribution is -2.42. The Morgan fingerprint density at radius 3 is 2.33 bits per heavy atom. The topological polar surface area (TPSA) is 93.1 Å². The van der Waals surface area contributed by atoms with Gasteiger partial charge in [-0.3, -0.25) is 9.59 Å². The summed E-state index contributed by atoms with van der Waals surface area (Å²) in [4.78, 5) is 37.1. The normalized spacial score (nSPS) is 15.0. The summed E-state index contributed by atoms with van der Waals surface area (Å²) in [6.45, 7) is 2.66. The fourth-order valence-corrected chi connectivity index (χ4v) is 2.52. The number of likely N-dealkylation sites (tertiary alicyclic amines) is 1. The van der Waals surface area contributed by atoms with Gasteiger partial charge >= 0.3 is 11.9 Å². The van der Waals surface area contributed by atoms with Gasteiger partial charge in [0.2, 0.25) is 0 Å². The number of aromatic hydroxyl groups is 1. The molecule has 1 aliphatic rings. The molecule has 1 heterocycles.